The van der Waals surface area contributed by atoms with Crippen LogP contribution in [0.3, 0.4) is 0 Å². The van der Waals surface area contributed by atoms with E-state index in [1.54, 1.807) is 18.2 Å². The molecule has 0 spiro atoms. The highest BCUT2D eigenvalue weighted by molar-refractivity contribution is 7.92. The lowest BCUT2D eigenvalue weighted by atomic mass is 9.86. The Morgan fingerprint density at radius 3 is 2.29 bits per heavy atom. The van der Waals surface area contributed by atoms with Crippen molar-refractivity contribution in [2.24, 2.45) is 0 Å². The quantitative estimate of drug-likeness (QED) is 0.456. The van der Waals surface area contributed by atoms with Gasteiger partial charge in [-0.05, 0) is 22.9 Å². The largest absolute Gasteiger partial charge is 0.218 e. The molecule has 21 heavy (non-hydrogen) atoms. The molecule has 1 aliphatic rings. The van der Waals surface area contributed by atoms with E-state index in [1.807, 2.05) is 24.3 Å². The molecule has 0 unspecified atom stereocenters. The summed E-state index contributed by atoms with van der Waals surface area (Å²) in [7, 11) is 8.20. The Morgan fingerprint density at radius 1 is 0.810 bits per heavy atom. The van der Waals surface area contributed by atoms with Crippen LogP contribution in [0, 0.1) is 0 Å². The smallest absolute Gasteiger partial charge is 0.207 e. The molecule has 0 atom stereocenters. The number of benzene rings is 3. The third-order valence-corrected chi connectivity index (χ3v) is 5.71. The van der Waals surface area contributed by atoms with Crippen molar-refractivity contribution in [2.45, 2.75) is 9.79 Å². The Bertz CT molecular complexity index is 1020. The molecule has 0 aliphatic carbocycles. The number of fused-ring (bicyclic) bond motifs is 5. The third kappa shape index (κ3) is 1.58. The topological polar surface area (TPSA) is 34.1 Å². The number of sulfone groups is 1. The third-order valence-electron chi connectivity index (χ3n) is 3.89. The van der Waals surface area contributed by atoms with Gasteiger partial charge < -0.3 is 0 Å². The van der Waals surface area contributed by atoms with Crippen molar-refractivity contribution < 1.29 is 8.42 Å². The molecule has 3 aromatic carbocycles. The molecule has 0 bridgehead atoms. The monoisotopic (exact) mass is 286 g/mol. The number of hydrogen-bond donors (Lipinski definition) is 0. The van der Waals surface area contributed by atoms with Gasteiger partial charge in [0.05, 0.1) is 9.79 Å². The summed E-state index contributed by atoms with van der Waals surface area (Å²) in [5.41, 5.74) is 2.31. The molecule has 0 saturated carbocycles. The fraction of sp³-hybridized carbons (Fsp3) is 0. The van der Waals surface area contributed by atoms with Gasteiger partial charge in [0.2, 0.25) is 9.84 Å². The maximum absolute atomic E-state index is 12.7. The Kier molecular flexibility index (Phi) is 2.43. The molecule has 0 N–H and O–H groups in total. The zero-order chi connectivity index (χ0) is 14.8. The molecular formula is C16H8B2O2S. The van der Waals surface area contributed by atoms with Crippen LogP contribution in [0.15, 0.2) is 58.3 Å². The molecule has 0 fully saturated rings. The highest BCUT2D eigenvalue weighted by atomic mass is 32.2. The van der Waals surface area contributed by atoms with Gasteiger partial charge in [-0.2, -0.15) is 0 Å². The number of hydrogen-bond acceptors (Lipinski definition) is 2. The van der Waals surface area contributed by atoms with Crippen LogP contribution in [0.4, 0.5) is 0 Å². The van der Waals surface area contributed by atoms with Crippen LogP contribution in [0.25, 0.3) is 21.9 Å². The van der Waals surface area contributed by atoms with Gasteiger partial charge in [-0.3, -0.25) is 0 Å². The Morgan fingerprint density at radius 2 is 1.52 bits per heavy atom. The Hall–Kier alpha value is -2.00. The lowest BCUT2D eigenvalue weighted by molar-refractivity contribution is 0.599. The van der Waals surface area contributed by atoms with Crippen LogP contribution in [0.2, 0.25) is 0 Å². The summed E-state index contributed by atoms with van der Waals surface area (Å²) in [6, 6.07) is 14.1. The Balaban J connectivity index is 2.28. The summed E-state index contributed by atoms with van der Waals surface area (Å²) in [6.45, 7) is 0. The van der Waals surface area contributed by atoms with Crippen molar-refractivity contribution in [1.82, 2.24) is 0 Å². The molecule has 4 rings (SSSR count). The SMILES string of the molecule is [B]c1ccc2c(c1)S(=O)(=O)c1cc([B])c3ccccc3c1-2. The van der Waals surface area contributed by atoms with Crippen molar-refractivity contribution in [3.8, 4) is 11.1 Å². The second-order valence-electron chi connectivity index (χ2n) is 5.14. The predicted octanol–water partition coefficient (Wildman–Crippen LogP) is 1.24. The lowest BCUT2D eigenvalue weighted by Crippen LogP contribution is -2.08. The zero-order valence-corrected chi connectivity index (χ0v) is 11.8. The van der Waals surface area contributed by atoms with Gasteiger partial charge in [0.25, 0.3) is 0 Å². The van der Waals surface area contributed by atoms with E-state index in [9.17, 15) is 8.42 Å². The predicted molar refractivity (Wildman–Crippen MR) is 85.6 cm³/mol. The van der Waals surface area contributed by atoms with Crippen LogP contribution in [-0.2, 0) is 9.84 Å². The van der Waals surface area contributed by atoms with Crippen LogP contribution < -0.4 is 10.9 Å². The zero-order valence-electron chi connectivity index (χ0n) is 11.0. The van der Waals surface area contributed by atoms with E-state index >= 15 is 0 Å². The maximum atomic E-state index is 12.7. The van der Waals surface area contributed by atoms with Crippen LogP contribution in [-0.4, -0.2) is 24.1 Å². The van der Waals surface area contributed by atoms with E-state index in [1.165, 1.54) is 6.07 Å². The maximum Gasteiger partial charge on any atom is 0.207 e. The molecule has 4 radical (unpaired) electrons. The minimum atomic E-state index is -3.56. The first-order chi connectivity index (χ1) is 10.00. The molecule has 1 heterocycles. The van der Waals surface area contributed by atoms with Crippen molar-refractivity contribution >= 4 is 47.2 Å². The van der Waals surface area contributed by atoms with Gasteiger partial charge >= 0.3 is 0 Å². The fourth-order valence-corrected chi connectivity index (χ4v) is 4.71. The molecule has 5 heteroatoms. The fourth-order valence-electron chi connectivity index (χ4n) is 2.95. The van der Waals surface area contributed by atoms with Crippen molar-refractivity contribution in [2.75, 3.05) is 0 Å². The molecule has 2 nitrogen and oxygen atoms in total. The van der Waals surface area contributed by atoms with E-state index in [0.717, 1.165) is 16.3 Å². The van der Waals surface area contributed by atoms with Crippen molar-refractivity contribution in [1.29, 1.82) is 0 Å². The average molecular weight is 286 g/mol. The van der Waals surface area contributed by atoms with Crippen molar-refractivity contribution in [3.05, 3.63) is 48.5 Å². The van der Waals surface area contributed by atoms with Crippen LogP contribution in [0.1, 0.15) is 0 Å². The minimum Gasteiger partial charge on any atom is -0.218 e. The average Bonchev–Trinajstić information content (AvgIpc) is 2.68. The summed E-state index contributed by atoms with van der Waals surface area (Å²) in [4.78, 5) is 0.521. The molecular weight excluding hydrogens is 278 g/mol. The van der Waals surface area contributed by atoms with E-state index in [4.69, 9.17) is 15.7 Å². The van der Waals surface area contributed by atoms with Gasteiger partial charge in [0.15, 0.2) is 0 Å². The van der Waals surface area contributed by atoms with E-state index in [0.29, 0.717) is 16.5 Å². The van der Waals surface area contributed by atoms with Gasteiger partial charge in [-0.15, -0.1) is 0 Å². The molecule has 96 valence electrons. The number of rotatable bonds is 0. The first kappa shape index (κ1) is 12.7. The summed E-state index contributed by atoms with van der Waals surface area (Å²) >= 11 is 0. The standard InChI is InChI=1S/C16H8B2O2S/c17-9-5-6-12-14(7-9)21(19,20)15-8-13(18)10-3-1-2-4-11(10)16(12)15/h1-8H. The second kappa shape index (κ2) is 4.01. The van der Waals surface area contributed by atoms with Crippen LogP contribution in [0.5, 0.6) is 0 Å². The van der Waals surface area contributed by atoms with Gasteiger partial charge in [-0.1, -0.05) is 47.3 Å². The minimum absolute atomic E-state index is 0.258. The second-order valence-corrected chi connectivity index (χ2v) is 7.03. The summed E-state index contributed by atoms with van der Waals surface area (Å²) in [6.07, 6.45) is 0. The van der Waals surface area contributed by atoms with Crippen LogP contribution >= 0.6 is 0 Å². The first-order valence-corrected chi connectivity index (χ1v) is 7.94. The highest BCUT2D eigenvalue weighted by Gasteiger charge is 2.34. The van der Waals surface area contributed by atoms with Crippen molar-refractivity contribution in [3.63, 3.8) is 0 Å². The first-order valence-electron chi connectivity index (χ1n) is 6.46. The molecule has 0 aromatic heterocycles. The summed E-state index contributed by atoms with van der Waals surface area (Å²) < 4.78 is 25.4. The van der Waals surface area contributed by atoms with Gasteiger partial charge in [0, 0.05) is 11.1 Å². The van der Waals surface area contributed by atoms with E-state index < -0.39 is 9.84 Å². The molecule has 3 aromatic rings. The molecule has 0 saturated heterocycles. The van der Waals surface area contributed by atoms with Gasteiger partial charge in [-0.25, -0.2) is 8.42 Å². The highest BCUT2D eigenvalue weighted by Crippen LogP contribution is 2.45. The van der Waals surface area contributed by atoms with Gasteiger partial charge in [0.1, 0.15) is 15.7 Å². The summed E-state index contributed by atoms with van der Waals surface area (Å²) in [5.74, 6) is 0. The summed E-state index contributed by atoms with van der Waals surface area (Å²) in [5, 5.41) is 1.70. The normalized spacial score (nSPS) is 14.9. The lowest BCUT2D eigenvalue weighted by Gasteiger charge is -2.08. The Labute approximate surface area is 125 Å². The molecule has 0 amide bonds. The van der Waals surface area contributed by atoms with E-state index in [2.05, 4.69) is 0 Å². The molecule has 1 aliphatic heterocycles. The van der Waals surface area contributed by atoms with E-state index in [-0.39, 0.29) is 9.79 Å².